The Labute approximate surface area is 214 Å². The number of nitrogens with zero attached hydrogens (tertiary/aromatic N) is 2. The second kappa shape index (κ2) is 7.78. The van der Waals surface area contributed by atoms with E-state index in [1.54, 1.807) is 0 Å². The highest BCUT2D eigenvalue weighted by Crippen LogP contribution is 2.38. The first-order chi connectivity index (χ1) is 18.3. The Balaban J connectivity index is 1.27. The lowest BCUT2D eigenvalue weighted by atomic mass is 9.91. The van der Waals surface area contributed by atoms with Crippen molar-refractivity contribution in [3.63, 3.8) is 0 Å². The van der Waals surface area contributed by atoms with E-state index in [0.29, 0.717) is 0 Å². The van der Waals surface area contributed by atoms with Crippen molar-refractivity contribution < 1.29 is 0 Å². The molecule has 0 aliphatic rings. The van der Waals surface area contributed by atoms with Gasteiger partial charge in [-0.3, -0.25) is 4.57 Å². The zero-order valence-corrected chi connectivity index (χ0v) is 20.1. The normalized spacial score (nSPS) is 11.8. The number of hydrogen-bond donors (Lipinski definition) is 0. The predicted molar refractivity (Wildman–Crippen MR) is 156 cm³/mol. The second-order valence-corrected chi connectivity index (χ2v) is 9.68. The van der Waals surface area contributed by atoms with Crippen molar-refractivity contribution in [1.29, 1.82) is 0 Å². The molecule has 0 saturated heterocycles. The molecule has 0 unspecified atom stereocenters. The van der Waals surface area contributed by atoms with E-state index in [4.69, 9.17) is 4.98 Å². The van der Waals surface area contributed by atoms with Gasteiger partial charge in [-0.25, -0.2) is 4.98 Å². The van der Waals surface area contributed by atoms with Gasteiger partial charge in [0.15, 0.2) is 0 Å². The van der Waals surface area contributed by atoms with Crippen molar-refractivity contribution in [2.45, 2.75) is 0 Å². The molecule has 0 radical (unpaired) electrons. The molecular weight excluding hydrogens is 448 g/mol. The molecule has 172 valence electrons. The zero-order chi connectivity index (χ0) is 24.3. The van der Waals surface area contributed by atoms with Crippen LogP contribution in [0.5, 0.6) is 0 Å². The lowest BCUT2D eigenvalue weighted by molar-refractivity contribution is 1.10. The van der Waals surface area contributed by atoms with E-state index in [0.717, 1.165) is 28.1 Å². The topological polar surface area (TPSA) is 17.8 Å². The molecule has 2 nitrogen and oxygen atoms in total. The minimum atomic E-state index is 0.953. The van der Waals surface area contributed by atoms with Crippen LogP contribution in [-0.2, 0) is 0 Å². The fraction of sp³-hybridized carbons (Fsp3) is 0. The van der Waals surface area contributed by atoms with Crippen LogP contribution in [0.1, 0.15) is 0 Å². The molecule has 0 saturated carbocycles. The average Bonchev–Trinajstić information content (AvgIpc) is 3.36. The summed E-state index contributed by atoms with van der Waals surface area (Å²) in [6.07, 6.45) is 0. The van der Waals surface area contributed by atoms with Crippen molar-refractivity contribution in [1.82, 2.24) is 9.55 Å². The molecule has 0 N–H and O–H groups in total. The molecule has 1 heterocycles. The Morgan fingerprint density at radius 3 is 1.76 bits per heavy atom. The van der Waals surface area contributed by atoms with E-state index < -0.39 is 0 Å². The van der Waals surface area contributed by atoms with E-state index in [-0.39, 0.29) is 0 Å². The maximum atomic E-state index is 5.02. The van der Waals surface area contributed by atoms with Gasteiger partial charge in [0.05, 0.1) is 11.0 Å². The Hall–Kier alpha value is -4.95. The van der Waals surface area contributed by atoms with E-state index in [9.17, 15) is 0 Å². The van der Waals surface area contributed by atoms with Gasteiger partial charge in [-0.15, -0.1) is 0 Å². The monoisotopic (exact) mass is 470 g/mol. The quantitative estimate of drug-likeness (QED) is 0.235. The van der Waals surface area contributed by atoms with Crippen LogP contribution < -0.4 is 0 Å². The molecule has 8 aromatic rings. The van der Waals surface area contributed by atoms with Gasteiger partial charge >= 0.3 is 0 Å². The standard InChI is InChI=1S/C35H22N2/c1-2-9-30(10-3-1)37-32-12-5-4-11-31(32)36-35(37)26-17-13-23(14-18-26)29-21-27-19-15-24-7-6-8-25-16-20-28(22-29)34(27)33(24)25/h1-22H. The SMILES string of the molecule is c1ccc(-n2c(-c3ccc(-c4cc5ccc6cccc7ccc(c4)c5c67)cc3)nc3ccccc32)cc1. The lowest BCUT2D eigenvalue weighted by Gasteiger charge is -2.13. The number of hydrogen-bond acceptors (Lipinski definition) is 1. The van der Waals surface area contributed by atoms with E-state index in [2.05, 4.69) is 126 Å². The summed E-state index contributed by atoms with van der Waals surface area (Å²) < 4.78 is 2.25. The highest BCUT2D eigenvalue weighted by Gasteiger charge is 2.15. The molecule has 2 heteroatoms. The molecule has 1 aromatic heterocycles. The van der Waals surface area contributed by atoms with Crippen molar-refractivity contribution in [2.24, 2.45) is 0 Å². The largest absolute Gasteiger partial charge is 0.292 e. The van der Waals surface area contributed by atoms with Crippen LogP contribution in [0.3, 0.4) is 0 Å². The summed E-state index contributed by atoms with van der Waals surface area (Å²) in [7, 11) is 0. The van der Waals surface area contributed by atoms with Gasteiger partial charge in [0.25, 0.3) is 0 Å². The zero-order valence-electron chi connectivity index (χ0n) is 20.1. The first-order valence-electron chi connectivity index (χ1n) is 12.6. The minimum absolute atomic E-state index is 0.953. The average molecular weight is 471 g/mol. The third-order valence-corrected chi connectivity index (χ3v) is 7.51. The second-order valence-electron chi connectivity index (χ2n) is 9.68. The smallest absolute Gasteiger partial charge is 0.145 e. The van der Waals surface area contributed by atoms with Crippen molar-refractivity contribution in [2.75, 3.05) is 0 Å². The number of imidazole rings is 1. The first kappa shape index (κ1) is 20.3. The van der Waals surface area contributed by atoms with Crippen molar-refractivity contribution >= 4 is 43.4 Å². The van der Waals surface area contributed by atoms with Crippen molar-refractivity contribution in [3.05, 3.63) is 133 Å². The fourth-order valence-corrected chi connectivity index (χ4v) is 5.79. The van der Waals surface area contributed by atoms with Crippen LogP contribution in [0, 0.1) is 0 Å². The van der Waals surface area contributed by atoms with Gasteiger partial charge in [-0.05, 0) is 79.8 Å². The molecule has 0 bridgehead atoms. The summed E-state index contributed by atoms with van der Waals surface area (Å²) in [4.78, 5) is 5.02. The van der Waals surface area contributed by atoms with Crippen LogP contribution in [-0.4, -0.2) is 9.55 Å². The summed E-state index contributed by atoms with van der Waals surface area (Å²) in [6, 6.07) is 47.8. The van der Waals surface area contributed by atoms with E-state index in [1.807, 2.05) is 12.1 Å². The molecule has 7 aromatic carbocycles. The molecule has 0 atom stereocenters. The van der Waals surface area contributed by atoms with Crippen molar-refractivity contribution in [3.8, 4) is 28.2 Å². The number of aromatic nitrogens is 2. The fourth-order valence-electron chi connectivity index (χ4n) is 5.79. The molecule has 0 aliphatic heterocycles. The van der Waals surface area contributed by atoms with Gasteiger partial charge in [-0.2, -0.15) is 0 Å². The highest BCUT2D eigenvalue weighted by atomic mass is 15.1. The molecule has 8 rings (SSSR count). The van der Waals surface area contributed by atoms with E-state index in [1.165, 1.54) is 43.4 Å². The van der Waals surface area contributed by atoms with Gasteiger partial charge in [0.2, 0.25) is 0 Å². The van der Waals surface area contributed by atoms with Crippen LogP contribution in [0.2, 0.25) is 0 Å². The summed E-state index contributed by atoms with van der Waals surface area (Å²) >= 11 is 0. The van der Waals surface area contributed by atoms with Gasteiger partial charge < -0.3 is 0 Å². The Morgan fingerprint density at radius 1 is 0.432 bits per heavy atom. The summed E-state index contributed by atoms with van der Waals surface area (Å²) in [5, 5.41) is 7.88. The van der Waals surface area contributed by atoms with Crippen LogP contribution in [0.15, 0.2) is 133 Å². The molecule has 0 aliphatic carbocycles. The lowest BCUT2D eigenvalue weighted by Crippen LogP contribution is -1.97. The van der Waals surface area contributed by atoms with Gasteiger partial charge in [0.1, 0.15) is 5.82 Å². The molecular formula is C35H22N2. The summed E-state index contributed by atoms with van der Waals surface area (Å²) in [6.45, 7) is 0. The predicted octanol–water partition coefficient (Wildman–Crippen LogP) is 9.26. The molecule has 0 fully saturated rings. The Bertz CT molecular complexity index is 2000. The van der Waals surface area contributed by atoms with Crippen LogP contribution in [0.4, 0.5) is 0 Å². The Morgan fingerprint density at radius 2 is 1.03 bits per heavy atom. The summed E-state index contributed by atoms with van der Waals surface area (Å²) in [5.41, 5.74) is 6.76. The van der Waals surface area contributed by atoms with Crippen LogP contribution >= 0.6 is 0 Å². The first-order valence-corrected chi connectivity index (χ1v) is 12.6. The number of benzene rings is 7. The maximum Gasteiger partial charge on any atom is 0.145 e. The maximum absolute atomic E-state index is 5.02. The molecule has 0 amide bonds. The van der Waals surface area contributed by atoms with Gasteiger partial charge in [0, 0.05) is 11.3 Å². The third-order valence-electron chi connectivity index (χ3n) is 7.51. The minimum Gasteiger partial charge on any atom is -0.292 e. The number of fused-ring (bicyclic) bond motifs is 1. The third kappa shape index (κ3) is 3.09. The van der Waals surface area contributed by atoms with E-state index >= 15 is 0 Å². The highest BCUT2D eigenvalue weighted by molar-refractivity contribution is 6.23. The summed E-state index contributed by atoms with van der Waals surface area (Å²) in [5.74, 6) is 0.953. The number of rotatable bonds is 3. The van der Waals surface area contributed by atoms with Crippen LogP contribution in [0.25, 0.3) is 71.6 Å². The van der Waals surface area contributed by atoms with Gasteiger partial charge in [-0.1, -0.05) is 97.1 Å². The molecule has 0 spiro atoms. The Kier molecular flexibility index (Phi) is 4.26. The molecule has 37 heavy (non-hydrogen) atoms. The number of para-hydroxylation sites is 3.